The lowest BCUT2D eigenvalue weighted by atomic mass is 10.1. The predicted molar refractivity (Wildman–Crippen MR) is 52.9 cm³/mol. The second-order valence-electron chi connectivity index (χ2n) is 3.07. The highest BCUT2D eigenvalue weighted by Gasteiger charge is 2.17. The van der Waals surface area contributed by atoms with E-state index < -0.39 is 5.82 Å². The smallest absolute Gasteiger partial charge is 0.197 e. The molecular weight excluding hydrogens is 201 g/mol. The molecule has 0 radical (unpaired) electrons. The van der Waals surface area contributed by atoms with Gasteiger partial charge in [-0.25, -0.2) is 9.87 Å². The molecule has 0 atom stereocenters. The number of nitrogens with one attached hydrogen (secondary N) is 1. The average Bonchev–Trinajstić information content (AvgIpc) is 2.22. The Morgan fingerprint density at radius 1 is 1.33 bits per heavy atom. The van der Waals surface area contributed by atoms with Crippen LogP contribution in [0.2, 0.25) is 0 Å². The van der Waals surface area contributed by atoms with E-state index in [9.17, 15) is 4.39 Å². The van der Waals surface area contributed by atoms with Crippen LogP contribution in [0.5, 0.6) is 11.5 Å². The molecule has 15 heavy (non-hydrogen) atoms. The Kier molecular flexibility index (Phi) is 3.88. The van der Waals surface area contributed by atoms with Crippen molar-refractivity contribution in [2.75, 3.05) is 14.2 Å². The van der Waals surface area contributed by atoms with E-state index in [1.54, 1.807) is 13.0 Å². The third kappa shape index (κ3) is 2.19. The molecule has 4 nitrogen and oxygen atoms in total. The molecule has 1 rings (SSSR count). The topological polar surface area (TPSA) is 50.7 Å². The van der Waals surface area contributed by atoms with Gasteiger partial charge in [0.1, 0.15) is 0 Å². The minimum absolute atomic E-state index is 0.0209. The maximum Gasteiger partial charge on any atom is 0.197 e. The number of aryl methyl sites for hydroxylation is 1. The fraction of sp³-hybridized carbons (Fsp3) is 0.400. The summed E-state index contributed by atoms with van der Waals surface area (Å²) in [6.07, 6.45) is 0. The molecule has 0 aliphatic rings. The van der Waals surface area contributed by atoms with Gasteiger partial charge < -0.3 is 14.7 Å². The molecule has 0 saturated carbocycles. The molecular formula is C10H14FNO3. The molecule has 84 valence electrons. The highest BCUT2D eigenvalue weighted by Crippen LogP contribution is 2.35. The van der Waals surface area contributed by atoms with Gasteiger partial charge in [-0.2, -0.15) is 0 Å². The normalized spacial score (nSPS) is 10.2. The lowest BCUT2D eigenvalue weighted by molar-refractivity contribution is 0.159. The molecule has 0 spiro atoms. The first-order valence-corrected chi connectivity index (χ1v) is 4.42. The van der Waals surface area contributed by atoms with E-state index >= 15 is 0 Å². The summed E-state index contributed by atoms with van der Waals surface area (Å²) in [4.78, 5) is 0. The van der Waals surface area contributed by atoms with E-state index in [2.05, 4.69) is 0 Å². The number of benzene rings is 1. The van der Waals surface area contributed by atoms with E-state index in [1.807, 2.05) is 5.48 Å². The monoisotopic (exact) mass is 215 g/mol. The molecule has 0 fully saturated rings. The Labute approximate surface area is 87.6 Å². The van der Waals surface area contributed by atoms with E-state index in [1.165, 1.54) is 14.2 Å². The number of halogens is 1. The Morgan fingerprint density at radius 2 is 1.93 bits per heavy atom. The van der Waals surface area contributed by atoms with Gasteiger partial charge in [0.2, 0.25) is 0 Å². The number of methoxy groups -OCH3 is 2. The molecule has 2 N–H and O–H groups in total. The molecule has 0 aliphatic carbocycles. The van der Waals surface area contributed by atoms with Gasteiger partial charge in [0.25, 0.3) is 0 Å². The summed E-state index contributed by atoms with van der Waals surface area (Å²) in [5.41, 5.74) is 2.98. The summed E-state index contributed by atoms with van der Waals surface area (Å²) >= 11 is 0. The molecule has 0 bridgehead atoms. The van der Waals surface area contributed by atoms with Crippen molar-refractivity contribution < 1.29 is 19.1 Å². The largest absolute Gasteiger partial charge is 0.492 e. The lowest BCUT2D eigenvalue weighted by Crippen LogP contribution is -2.10. The first-order valence-electron chi connectivity index (χ1n) is 4.42. The van der Waals surface area contributed by atoms with Gasteiger partial charge in [0.15, 0.2) is 17.3 Å². The standard InChI is InChI=1S/C10H14FNO3/c1-6-4-7(5-12-13)8(11)10(15-3)9(6)14-2/h4,12-13H,5H2,1-3H3. The minimum Gasteiger partial charge on any atom is -0.492 e. The van der Waals surface area contributed by atoms with Crippen molar-refractivity contribution in [1.29, 1.82) is 0 Å². The molecule has 0 aromatic heterocycles. The van der Waals surface area contributed by atoms with E-state index in [0.717, 1.165) is 5.56 Å². The zero-order chi connectivity index (χ0) is 11.4. The lowest BCUT2D eigenvalue weighted by Gasteiger charge is -2.14. The molecule has 0 aliphatic heterocycles. The summed E-state index contributed by atoms with van der Waals surface area (Å²) in [6, 6.07) is 1.60. The van der Waals surface area contributed by atoms with Crippen molar-refractivity contribution in [3.05, 3.63) is 23.0 Å². The summed E-state index contributed by atoms with van der Waals surface area (Å²) in [5, 5.41) is 8.54. The van der Waals surface area contributed by atoms with Crippen LogP contribution in [0, 0.1) is 12.7 Å². The summed E-state index contributed by atoms with van der Waals surface area (Å²) in [7, 11) is 2.82. The van der Waals surface area contributed by atoms with Gasteiger partial charge in [-0.05, 0) is 18.6 Å². The Hall–Kier alpha value is -1.33. The van der Waals surface area contributed by atoms with E-state index in [0.29, 0.717) is 11.3 Å². The van der Waals surface area contributed by atoms with Crippen molar-refractivity contribution >= 4 is 0 Å². The zero-order valence-electron chi connectivity index (χ0n) is 8.93. The van der Waals surface area contributed by atoms with Crippen molar-refractivity contribution in [1.82, 2.24) is 5.48 Å². The van der Waals surface area contributed by atoms with Crippen LogP contribution in [0.1, 0.15) is 11.1 Å². The molecule has 5 heteroatoms. The maximum absolute atomic E-state index is 13.7. The predicted octanol–water partition coefficient (Wildman–Crippen LogP) is 1.63. The SMILES string of the molecule is COc1c(C)cc(CNO)c(F)c1OC. The third-order valence-electron chi connectivity index (χ3n) is 2.11. The highest BCUT2D eigenvalue weighted by atomic mass is 19.1. The highest BCUT2D eigenvalue weighted by molar-refractivity contribution is 5.50. The van der Waals surface area contributed by atoms with Gasteiger partial charge >= 0.3 is 0 Å². The van der Waals surface area contributed by atoms with Gasteiger partial charge in [0, 0.05) is 12.1 Å². The zero-order valence-corrected chi connectivity index (χ0v) is 8.93. The first-order chi connectivity index (χ1) is 7.15. The van der Waals surface area contributed by atoms with Gasteiger partial charge in [-0.1, -0.05) is 0 Å². The number of hydroxylamine groups is 1. The summed E-state index contributed by atoms with van der Waals surface area (Å²) in [5.74, 6) is -0.0964. The van der Waals surface area contributed by atoms with Crippen LogP contribution >= 0.6 is 0 Å². The second kappa shape index (κ2) is 4.95. The Morgan fingerprint density at radius 3 is 2.40 bits per heavy atom. The van der Waals surface area contributed by atoms with Crippen molar-refractivity contribution in [2.24, 2.45) is 0 Å². The summed E-state index contributed by atoms with van der Waals surface area (Å²) in [6.45, 7) is 1.80. The van der Waals surface area contributed by atoms with Crippen molar-refractivity contribution in [2.45, 2.75) is 13.5 Å². The quantitative estimate of drug-likeness (QED) is 0.749. The van der Waals surface area contributed by atoms with Crippen LogP contribution in [0.15, 0.2) is 6.07 Å². The van der Waals surface area contributed by atoms with Crippen molar-refractivity contribution in [3.8, 4) is 11.5 Å². The fourth-order valence-corrected chi connectivity index (χ4v) is 1.46. The van der Waals surface area contributed by atoms with E-state index in [-0.39, 0.29) is 12.3 Å². The van der Waals surface area contributed by atoms with Crippen molar-refractivity contribution in [3.63, 3.8) is 0 Å². The van der Waals surface area contributed by atoms with Crippen LogP contribution < -0.4 is 15.0 Å². The number of ether oxygens (including phenoxy) is 2. The molecule has 0 saturated heterocycles. The molecule has 0 amide bonds. The number of rotatable bonds is 4. The summed E-state index contributed by atoms with van der Waals surface area (Å²) < 4.78 is 23.7. The van der Waals surface area contributed by atoms with Crippen LogP contribution in [0.4, 0.5) is 4.39 Å². The van der Waals surface area contributed by atoms with Crippen LogP contribution in [0.25, 0.3) is 0 Å². The van der Waals surface area contributed by atoms with Crippen LogP contribution in [0.3, 0.4) is 0 Å². The Balaban J connectivity index is 3.30. The Bertz CT molecular complexity index is 355. The van der Waals surface area contributed by atoms with Gasteiger partial charge in [-0.3, -0.25) is 0 Å². The minimum atomic E-state index is -0.526. The molecule has 1 aromatic rings. The molecule has 0 heterocycles. The first kappa shape index (κ1) is 11.7. The molecule has 1 aromatic carbocycles. The van der Waals surface area contributed by atoms with Gasteiger partial charge in [0.05, 0.1) is 14.2 Å². The second-order valence-corrected chi connectivity index (χ2v) is 3.07. The fourth-order valence-electron chi connectivity index (χ4n) is 1.46. The number of hydrogen-bond acceptors (Lipinski definition) is 4. The maximum atomic E-state index is 13.7. The average molecular weight is 215 g/mol. The van der Waals surface area contributed by atoms with Crippen LogP contribution in [-0.2, 0) is 6.54 Å². The van der Waals surface area contributed by atoms with E-state index in [4.69, 9.17) is 14.7 Å². The van der Waals surface area contributed by atoms with Gasteiger partial charge in [-0.15, -0.1) is 0 Å². The van der Waals surface area contributed by atoms with Crippen LogP contribution in [-0.4, -0.2) is 19.4 Å². The molecule has 0 unspecified atom stereocenters. The number of hydrogen-bond donors (Lipinski definition) is 2. The third-order valence-corrected chi connectivity index (χ3v) is 2.11.